The molecule has 2 N–H and O–H groups in total. The summed E-state index contributed by atoms with van der Waals surface area (Å²) in [6, 6.07) is 5.84. The van der Waals surface area contributed by atoms with Crippen molar-refractivity contribution in [2.24, 2.45) is 5.73 Å². The number of thiocarbonyl (C=S) groups is 1. The van der Waals surface area contributed by atoms with E-state index in [0.717, 1.165) is 31.7 Å². The number of halogens is 3. The summed E-state index contributed by atoms with van der Waals surface area (Å²) in [5.74, 6) is 0. The summed E-state index contributed by atoms with van der Waals surface area (Å²) in [6.07, 6.45) is 0.114. The van der Waals surface area contributed by atoms with Crippen molar-refractivity contribution in [3.8, 4) is 0 Å². The Hall–Kier alpha value is -1.14. The Bertz CT molecular complexity index is 496. The molecule has 0 saturated heterocycles. The molecule has 0 bridgehead atoms. The van der Waals surface area contributed by atoms with Crippen LogP contribution in [0.1, 0.15) is 36.8 Å². The molecule has 1 aromatic carbocycles. The predicted molar refractivity (Wildman–Crippen MR) is 80.9 cm³/mol. The SMILES string of the molecule is NC(=S)CN(Cc1cccc(C(F)(F)F)c1)C1CCCC1. The number of rotatable bonds is 5. The van der Waals surface area contributed by atoms with E-state index in [9.17, 15) is 13.2 Å². The largest absolute Gasteiger partial charge is 0.416 e. The zero-order valence-corrected chi connectivity index (χ0v) is 12.5. The van der Waals surface area contributed by atoms with Crippen molar-refractivity contribution in [1.29, 1.82) is 0 Å². The van der Waals surface area contributed by atoms with Crippen LogP contribution in [0.2, 0.25) is 0 Å². The molecular weight excluding hydrogens is 297 g/mol. The molecule has 0 aliphatic heterocycles. The van der Waals surface area contributed by atoms with Crippen LogP contribution >= 0.6 is 12.2 Å². The maximum atomic E-state index is 12.8. The lowest BCUT2D eigenvalue weighted by molar-refractivity contribution is -0.137. The lowest BCUT2D eigenvalue weighted by Crippen LogP contribution is -2.38. The highest BCUT2D eigenvalue weighted by Gasteiger charge is 2.31. The van der Waals surface area contributed by atoms with Gasteiger partial charge in [0.05, 0.1) is 10.6 Å². The molecule has 1 aromatic rings. The fourth-order valence-corrected chi connectivity index (χ4v) is 3.03. The molecule has 0 aromatic heterocycles. The van der Waals surface area contributed by atoms with Crippen molar-refractivity contribution >= 4 is 17.2 Å². The van der Waals surface area contributed by atoms with Gasteiger partial charge in [-0.1, -0.05) is 43.3 Å². The van der Waals surface area contributed by atoms with Gasteiger partial charge in [-0.3, -0.25) is 4.90 Å². The van der Waals surface area contributed by atoms with E-state index < -0.39 is 11.7 Å². The fourth-order valence-electron chi connectivity index (χ4n) is 2.86. The highest BCUT2D eigenvalue weighted by molar-refractivity contribution is 7.80. The molecule has 2 nitrogen and oxygen atoms in total. The smallest absolute Gasteiger partial charge is 0.392 e. The van der Waals surface area contributed by atoms with Gasteiger partial charge in [0.2, 0.25) is 0 Å². The van der Waals surface area contributed by atoms with Gasteiger partial charge in [0.15, 0.2) is 0 Å². The van der Waals surface area contributed by atoms with Gasteiger partial charge >= 0.3 is 6.18 Å². The van der Waals surface area contributed by atoms with Gasteiger partial charge in [-0.05, 0) is 24.5 Å². The van der Waals surface area contributed by atoms with Gasteiger partial charge in [-0.25, -0.2) is 0 Å². The fraction of sp³-hybridized carbons (Fsp3) is 0.533. The van der Waals surface area contributed by atoms with E-state index in [-0.39, 0.29) is 0 Å². The van der Waals surface area contributed by atoms with Crippen LogP contribution in [0.5, 0.6) is 0 Å². The summed E-state index contributed by atoms with van der Waals surface area (Å²) in [6.45, 7) is 0.905. The molecule has 116 valence electrons. The van der Waals surface area contributed by atoms with Crippen LogP contribution in [0.15, 0.2) is 24.3 Å². The molecule has 0 atom stereocenters. The second kappa shape index (κ2) is 6.75. The van der Waals surface area contributed by atoms with Crippen LogP contribution in [0.25, 0.3) is 0 Å². The van der Waals surface area contributed by atoms with E-state index in [0.29, 0.717) is 29.7 Å². The molecule has 21 heavy (non-hydrogen) atoms. The average molecular weight is 316 g/mol. The van der Waals surface area contributed by atoms with E-state index in [2.05, 4.69) is 4.90 Å². The number of alkyl halides is 3. The lowest BCUT2D eigenvalue weighted by Gasteiger charge is -2.28. The van der Waals surface area contributed by atoms with Crippen LogP contribution < -0.4 is 5.73 Å². The first-order valence-corrected chi connectivity index (χ1v) is 7.45. The Morgan fingerprint density at radius 2 is 1.95 bits per heavy atom. The lowest BCUT2D eigenvalue weighted by atomic mass is 10.1. The predicted octanol–water partition coefficient (Wildman–Crippen LogP) is 3.74. The minimum atomic E-state index is -4.31. The van der Waals surface area contributed by atoms with Gasteiger partial charge in [-0.2, -0.15) is 13.2 Å². The average Bonchev–Trinajstić information content (AvgIpc) is 2.90. The molecule has 1 aliphatic carbocycles. The summed E-state index contributed by atoms with van der Waals surface area (Å²) in [5.41, 5.74) is 5.66. The minimum Gasteiger partial charge on any atom is -0.392 e. The van der Waals surface area contributed by atoms with E-state index in [1.54, 1.807) is 6.07 Å². The quantitative estimate of drug-likeness (QED) is 0.839. The van der Waals surface area contributed by atoms with Crippen molar-refractivity contribution in [3.63, 3.8) is 0 Å². The van der Waals surface area contributed by atoms with Crippen LogP contribution in [0, 0.1) is 0 Å². The minimum absolute atomic E-state index is 0.362. The molecule has 1 saturated carbocycles. The Balaban J connectivity index is 2.14. The van der Waals surface area contributed by atoms with E-state index >= 15 is 0 Å². The topological polar surface area (TPSA) is 29.3 Å². The Morgan fingerprint density at radius 1 is 1.29 bits per heavy atom. The molecule has 0 unspecified atom stereocenters. The van der Waals surface area contributed by atoms with Crippen molar-refractivity contribution in [3.05, 3.63) is 35.4 Å². The molecule has 2 rings (SSSR count). The number of nitrogens with two attached hydrogens (primary N) is 1. The monoisotopic (exact) mass is 316 g/mol. The highest BCUT2D eigenvalue weighted by Crippen LogP contribution is 2.30. The third kappa shape index (κ3) is 4.68. The molecule has 0 spiro atoms. The Kier molecular flexibility index (Phi) is 5.22. The zero-order chi connectivity index (χ0) is 15.5. The van der Waals surface area contributed by atoms with Crippen LogP contribution in [0.3, 0.4) is 0 Å². The highest BCUT2D eigenvalue weighted by atomic mass is 32.1. The van der Waals surface area contributed by atoms with E-state index in [4.69, 9.17) is 18.0 Å². The first kappa shape index (κ1) is 16.2. The van der Waals surface area contributed by atoms with Crippen molar-refractivity contribution < 1.29 is 13.2 Å². The summed E-state index contributed by atoms with van der Waals surface area (Å²) in [7, 11) is 0. The van der Waals surface area contributed by atoms with Gasteiger partial charge in [-0.15, -0.1) is 0 Å². The van der Waals surface area contributed by atoms with E-state index in [1.165, 1.54) is 12.1 Å². The maximum Gasteiger partial charge on any atom is 0.416 e. The van der Waals surface area contributed by atoms with Gasteiger partial charge in [0, 0.05) is 19.1 Å². The summed E-state index contributed by atoms with van der Waals surface area (Å²) in [5, 5.41) is 0. The first-order chi connectivity index (χ1) is 9.86. The summed E-state index contributed by atoms with van der Waals surface area (Å²) >= 11 is 4.96. The normalized spacial score (nSPS) is 16.6. The zero-order valence-electron chi connectivity index (χ0n) is 11.7. The second-order valence-corrected chi connectivity index (χ2v) is 6.03. The number of hydrogen-bond acceptors (Lipinski definition) is 2. The first-order valence-electron chi connectivity index (χ1n) is 7.05. The van der Waals surface area contributed by atoms with E-state index in [1.807, 2.05) is 0 Å². The third-order valence-electron chi connectivity index (χ3n) is 3.84. The number of nitrogens with zero attached hydrogens (tertiary/aromatic N) is 1. The Labute approximate surface area is 128 Å². The number of benzene rings is 1. The molecule has 1 aliphatic rings. The van der Waals surface area contributed by atoms with Crippen LogP contribution in [-0.4, -0.2) is 22.5 Å². The van der Waals surface area contributed by atoms with Crippen molar-refractivity contribution in [2.45, 2.75) is 44.4 Å². The van der Waals surface area contributed by atoms with Gasteiger partial charge < -0.3 is 5.73 Å². The summed E-state index contributed by atoms with van der Waals surface area (Å²) < 4.78 is 38.3. The van der Waals surface area contributed by atoms with Crippen molar-refractivity contribution in [1.82, 2.24) is 4.90 Å². The summed E-state index contributed by atoms with van der Waals surface area (Å²) in [4.78, 5) is 2.49. The standard InChI is InChI=1S/C15H19F3N2S/c16-15(17,18)12-5-3-4-11(8-12)9-20(10-14(19)21)13-6-1-2-7-13/h3-5,8,13H,1-2,6-7,9-10H2,(H2,19,21). The molecule has 1 fully saturated rings. The molecular formula is C15H19F3N2S. The molecule has 0 heterocycles. The second-order valence-electron chi connectivity index (χ2n) is 5.51. The molecule has 0 amide bonds. The van der Waals surface area contributed by atoms with Gasteiger partial charge in [0.25, 0.3) is 0 Å². The third-order valence-corrected chi connectivity index (χ3v) is 3.97. The van der Waals surface area contributed by atoms with Crippen LogP contribution in [0.4, 0.5) is 13.2 Å². The Morgan fingerprint density at radius 3 is 2.52 bits per heavy atom. The number of hydrogen-bond donors (Lipinski definition) is 1. The van der Waals surface area contributed by atoms with Crippen molar-refractivity contribution in [2.75, 3.05) is 6.54 Å². The molecule has 6 heteroatoms. The molecule has 0 radical (unpaired) electrons. The van der Waals surface area contributed by atoms with Gasteiger partial charge in [0.1, 0.15) is 0 Å². The van der Waals surface area contributed by atoms with Crippen LogP contribution in [-0.2, 0) is 12.7 Å². The maximum absolute atomic E-state index is 12.8.